The lowest BCUT2D eigenvalue weighted by Gasteiger charge is -2.08. The van der Waals surface area contributed by atoms with Gasteiger partial charge in [0.2, 0.25) is 0 Å². The van der Waals surface area contributed by atoms with Crippen molar-refractivity contribution < 1.29 is 13.7 Å². The molecule has 0 aliphatic carbocycles. The van der Waals surface area contributed by atoms with Gasteiger partial charge in [0.05, 0.1) is 29.1 Å². The Kier molecular flexibility index (Phi) is 4.75. The van der Waals surface area contributed by atoms with Gasteiger partial charge in [-0.05, 0) is 43.3 Å². The number of hydrogen-bond donors (Lipinski definition) is 1. The number of aromatic nitrogens is 2. The molecule has 3 heterocycles. The van der Waals surface area contributed by atoms with Crippen LogP contribution in [0, 0.1) is 6.92 Å². The molecule has 28 heavy (non-hydrogen) atoms. The minimum atomic E-state index is -0.516. The topological polar surface area (TPSA) is 87.2 Å². The van der Waals surface area contributed by atoms with E-state index in [1.807, 2.05) is 17.6 Å². The molecular weight excluding hydrogens is 401 g/mol. The second-order valence-corrected chi connectivity index (χ2v) is 7.10. The van der Waals surface area contributed by atoms with Gasteiger partial charge in [0, 0.05) is 22.3 Å². The zero-order valence-corrected chi connectivity index (χ0v) is 16.3. The molecule has 1 aromatic carbocycles. The zero-order valence-electron chi connectivity index (χ0n) is 14.8. The second-order valence-electron chi connectivity index (χ2n) is 6.26. The van der Waals surface area contributed by atoms with E-state index in [1.54, 1.807) is 42.7 Å². The predicted octanol–water partition coefficient (Wildman–Crippen LogP) is 5.17. The lowest BCUT2D eigenvalue weighted by Crippen LogP contribution is -2.12. The summed E-state index contributed by atoms with van der Waals surface area (Å²) in [5.41, 5.74) is 8.55. The number of benzene rings is 1. The SMILES string of the molecule is Cc1c(C(N)=O)cc(-c2cc(-c3ccc(Cl)cc3Cl)no2)n1Cc1ccco1. The van der Waals surface area contributed by atoms with Gasteiger partial charge in [-0.25, -0.2) is 0 Å². The van der Waals surface area contributed by atoms with Gasteiger partial charge in [-0.3, -0.25) is 4.79 Å². The van der Waals surface area contributed by atoms with Crippen LogP contribution in [0.25, 0.3) is 22.7 Å². The number of carbonyl (C=O) groups excluding carboxylic acids is 1. The molecule has 0 atom stereocenters. The molecule has 0 saturated heterocycles. The van der Waals surface area contributed by atoms with Crippen LogP contribution < -0.4 is 5.73 Å². The average molecular weight is 416 g/mol. The van der Waals surface area contributed by atoms with Crippen molar-refractivity contribution in [3.05, 3.63) is 75.8 Å². The zero-order chi connectivity index (χ0) is 19.8. The molecule has 2 N–H and O–H groups in total. The first kappa shape index (κ1) is 18.4. The van der Waals surface area contributed by atoms with Gasteiger partial charge in [0.1, 0.15) is 11.5 Å². The molecule has 0 unspecified atom stereocenters. The summed E-state index contributed by atoms with van der Waals surface area (Å²) in [6.45, 7) is 2.24. The van der Waals surface area contributed by atoms with Gasteiger partial charge in [-0.1, -0.05) is 28.4 Å². The van der Waals surface area contributed by atoms with E-state index in [4.69, 9.17) is 37.9 Å². The molecule has 0 saturated carbocycles. The molecule has 6 nitrogen and oxygen atoms in total. The number of furan rings is 1. The Balaban J connectivity index is 1.79. The summed E-state index contributed by atoms with van der Waals surface area (Å²) in [5.74, 6) is 0.692. The molecule has 0 radical (unpaired) electrons. The van der Waals surface area contributed by atoms with Crippen molar-refractivity contribution in [1.29, 1.82) is 0 Å². The van der Waals surface area contributed by atoms with E-state index in [0.717, 1.165) is 5.76 Å². The largest absolute Gasteiger partial charge is 0.467 e. The van der Waals surface area contributed by atoms with E-state index in [-0.39, 0.29) is 0 Å². The van der Waals surface area contributed by atoms with E-state index in [1.165, 1.54) is 0 Å². The quantitative estimate of drug-likeness (QED) is 0.487. The van der Waals surface area contributed by atoms with Crippen molar-refractivity contribution in [2.24, 2.45) is 5.73 Å². The van der Waals surface area contributed by atoms with Crippen LogP contribution in [-0.4, -0.2) is 15.6 Å². The Bertz CT molecular complexity index is 1160. The summed E-state index contributed by atoms with van der Waals surface area (Å²) in [4.78, 5) is 11.8. The Morgan fingerprint density at radius 3 is 2.71 bits per heavy atom. The first-order valence-electron chi connectivity index (χ1n) is 8.39. The predicted molar refractivity (Wildman–Crippen MR) is 106 cm³/mol. The van der Waals surface area contributed by atoms with Crippen LogP contribution in [0.1, 0.15) is 21.8 Å². The van der Waals surface area contributed by atoms with E-state index in [0.29, 0.717) is 50.6 Å². The van der Waals surface area contributed by atoms with E-state index < -0.39 is 5.91 Å². The lowest BCUT2D eigenvalue weighted by atomic mass is 10.1. The molecule has 0 bridgehead atoms. The molecule has 0 aliphatic rings. The molecule has 0 aliphatic heterocycles. The van der Waals surface area contributed by atoms with Crippen molar-refractivity contribution in [1.82, 2.24) is 9.72 Å². The van der Waals surface area contributed by atoms with Crippen LogP contribution in [0.15, 0.2) is 57.7 Å². The van der Waals surface area contributed by atoms with Crippen LogP contribution >= 0.6 is 23.2 Å². The van der Waals surface area contributed by atoms with Gasteiger partial charge in [-0.2, -0.15) is 0 Å². The Hall–Kier alpha value is -2.96. The minimum Gasteiger partial charge on any atom is -0.467 e. The highest BCUT2D eigenvalue weighted by molar-refractivity contribution is 6.36. The molecule has 4 rings (SSSR count). The van der Waals surface area contributed by atoms with Gasteiger partial charge in [0.15, 0.2) is 5.76 Å². The number of hydrogen-bond acceptors (Lipinski definition) is 4. The average Bonchev–Trinajstić information content (AvgIpc) is 3.37. The molecule has 4 aromatic rings. The molecule has 3 aromatic heterocycles. The normalized spacial score (nSPS) is 11.1. The molecule has 0 fully saturated rings. The third-order valence-corrected chi connectivity index (χ3v) is 5.04. The van der Waals surface area contributed by atoms with Gasteiger partial charge >= 0.3 is 0 Å². The fourth-order valence-electron chi connectivity index (χ4n) is 3.08. The molecule has 8 heteroatoms. The van der Waals surface area contributed by atoms with Crippen molar-refractivity contribution in [3.63, 3.8) is 0 Å². The smallest absolute Gasteiger partial charge is 0.250 e. The summed E-state index contributed by atoms with van der Waals surface area (Å²) in [6, 6.07) is 12.2. The van der Waals surface area contributed by atoms with Crippen molar-refractivity contribution >= 4 is 29.1 Å². The van der Waals surface area contributed by atoms with Crippen LogP contribution in [0.5, 0.6) is 0 Å². The minimum absolute atomic E-state index is 0.407. The second kappa shape index (κ2) is 7.22. The van der Waals surface area contributed by atoms with Gasteiger partial charge in [-0.15, -0.1) is 0 Å². The molecule has 142 valence electrons. The van der Waals surface area contributed by atoms with Gasteiger partial charge < -0.3 is 19.2 Å². The summed E-state index contributed by atoms with van der Waals surface area (Å²) >= 11 is 12.2. The highest BCUT2D eigenvalue weighted by Crippen LogP contribution is 2.34. The third kappa shape index (κ3) is 3.32. The summed E-state index contributed by atoms with van der Waals surface area (Å²) in [5, 5.41) is 5.12. The van der Waals surface area contributed by atoms with E-state index >= 15 is 0 Å². The van der Waals surface area contributed by atoms with Crippen molar-refractivity contribution in [3.8, 4) is 22.7 Å². The molecule has 1 amide bonds. The molecule has 0 spiro atoms. The first-order valence-corrected chi connectivity index (χ1v) is 9.14. The number of nitrogens with two attached hydrogens (primary N) is 1. The third-order valence-electron chi connectivity index (χ3n) is 4.50. The maximum Gasteiger partial charge on any atom is 0.250 e. The fraction of sp³-hybridized carbons (Fsp3) is 0.100. The fourth-order valence-corrected chi connectivity index (χ4v) is 3.59. The van der Waals surface area contributed by atoms with E-state index in [2.05, 4.69) is 5.16 Å². The Morgan fingerprint density at radius 1 is 1.21 bits per heavy atom. The van der Waals surface area contributed by atoms with Crippen LogP contribution in [0.3, 0.4) is 0 Å². The summed E-state index contributed by atoms with van der Waals surface area (Å²) in [6.07, 6.45) is 1.60. The lowest BCUT2D eigenvalue weighted by molar-refractivity contribution is 0.0999. The summed E-state index contributed by atoms with van der Waals surface area (Å²) < 4.78 is 12.9. The number of halogens is 2. The Morgan fingerprint density at radius 2 is 2.04 bits per heavy atom. The first-order chi connectivity index (χ1) is 13.4. The van der Waals surface area contributed by atoms with Crippen LogP contribution in [-0.2, 0) is 6.54 Å². The standard InChI is InChI=1S/C20H15Cl2N3O3/c1-11-15(20(23)26)8-18(25(11)10-13-3-2-6-27-13)19-9-17(24-28-19)14-5-4-12(21)7-16(14)22/h2-9H,10H2,1H3,(H2,23,26). The summed E-state index contributed by atoms with van der Waals surface area (Å²) in [7, 11) is 0. The highest BCUT2D eigenvalue weighted by atomic mass is 35.5. The molecular formula is C20H15Cl2N3O3. The van der Waals surface area contributed by atoms with Crippen molar-refractivity contribution in [2.75, 3.05) is 0 Å². The maximum absolute atomic E-state index is 11.8. The number of rotatable bonds is 5. The van der Waals surface area contributed by atoms with Crippen molar-refractivity contribution in [2.45, 2.75) is 13.5 Å². The number of amides is 1. The van der Waals surface area contributed by atoms with Crippen LogP contribution in [0.4, 0.5) is 0 Å². The maximum atomic E-state index is 11.8. The Labute approximate surface area is 170 Å². The number of primary amides is 1. The number of carbonyl (C=O) groups is 1. The highest BCUT2D eigenvalue weighted by Gasteiger charge is 2.21. The van der Waals surface area contributed by atoms with Crippen LogP contribution in [0.2, 0.25) is 10.0 Å². The number of nitrogens with zero attached hydrogens (tertiary/aromatic N) is 2. The monoisotopic (exact) mass is 415 g/mol. The van der Waals surface area contributed by atoms with E-state index in [9.17, 15) is 4.79 Å². The van der Waals surface area contributed by atoms with Gasteiger partial charge in [0.25, 0.3) is 5.91 Å².